The minimum absolute atomic E-state index is 0.0596. The van der Waals surface area contributed by atoms with Gasteiger partial charge in [0.25, 0.3) is 0 Å². The zero-order valence-corrected chi connectivity index (χ0v) is 12.7. The van der Waals surface area contributed by atoms with Crippen molar-refractivity contribution in [2.45, 2.75) is 52.4 Å². The molecule has 0 aliphatic rings. The minimum Gasteiger partial charge on any atom is -0.310 e. The van der Waals surface area contributed by atoms with Crippen molar-refractivity contribution in [3.8, 4) is 0 Å². The first kappa shape index (κ1) is 15.2. The lowest BCUT2D eigenvalue weighted by Crippen LogP contribution is -2.13. The van der Waals surface area contributed by atoms with E-state index >= 15 is 0 Å². The Labute approximate surface area is 118 Å². The van der Waals surface area contributed by atoms with E-state index in [1.165, 1.54) is 19.3 Å². The number of hydrogen-bond acceptors (Lipinski definition) is 2. The van der Waals surface area contributed by atoms with Crippen LogP contribution < -0.4 is 5.32 Å². The van der Waals surface area contributed by atoms with Crippen molar-refractivity contribution in [2.75, 3.05) is 5.32 Å². The predicted molar refractivity (Wildman–Crippen MR) is 78.7 cm³/mol. The molecule has 0 saturated heterocycles. The van der Waals surface area contributed by atoms with Gasteiger partial charge in [0, 0.05) is 17.1 Å². The molecule has 0 saturated carbocycles. The van der Waals surface area contributed by atoms with Crippen LogP contribution in [0, 0.1) is 6.92 Å². The standard InChI is InChI=1S/C14H21BrN2O/c1-3-4-5-6-7-8-13(18)17-14-11(2)9-12(15)10-16-14/h9-10H,3-8H2,1-2H3,(H,16,17,18). The van der Waals surface area contributed by atoms with E-state index in [1.54, 1.807) is 6.20 Å². The van der Waals surface area contributed by atoms with Crippen molar-refractivity contribution < 1.29 is 4.79 Å². The fraction of sp³-hybridized carbons (Fsp3) is 0.571. The largest absolute Gasteiger partial charge is 0.310 e. The molecule has 1 heterocycles. The fourth-order valence-electron chi connectivity index (χ4n) is 1.76. The lowest BCUT2D eigenvalue weighted by atomic mass is 10.1. The average molecular weight is 313 g/mol. The maximum Gasteiger partial charge on any atom is 0.225 e. The van der Waals surface area contributed by atoms with Crippen LogP contribution in [-0.2, 0) is 4.79 Å². The van der Waals surface area contributed by atoms with Crippen molar-refractivity contribution in [1.29, 1.82) is 0 Å². The summed E-state index contributed by atoms with van der Waals surface area (Å²) in [6, 6.07) is 1.95. The molecule has 1 aromatic heterocycles. The van der Waals surface area contributed by atoms with Gasteiger partial charge >= 0.3 is 0 Å². The van der Waals surface area contributed by atoms with Gasteiger partial charge in [0.15, 0.2) is 0 Å². The summed E-state index contributed by atoms with van der Waals surface area (Å²) in [6.45, 7) is 4.13. The van der Waals surface area contributed by atoms with Crippen LogP contribution in [-0.4, -0.2) is 10.9 Å². The molecule has 0 aliphatic carbocycles. The van der Waals surface area contributed by atoms with Crippen LogP contribution in [0.3, 0.4) is 0 Å². The smallest absolute Gasteiger partial charge is 0.225 e. The van der Waals surface area contributed by atoms with Gasteiger partial charge in [-0.3, -0.25) is 4.79 Å². The molecule has 0 aromatic carbocycles. The number of nitrogens with zero attached hydrogens (tertiary/aromatic N) is 1. The number of aryl methyl sites for hydroxylation is 1. The Balaban J connectivity index is 2.31. The van der Waals surface area contributed by atoms with Gasteiger partial charge in [-0.2, -0.15) is 0 Å². The zero-order valence-electron chi connectivity index (χ0n) is 11.1. The van der Waals surface area contributed by atoms with Crippen LogP contribution in [0.4, 0.5) is 5.82 Å². The number of rotatable bonds is 7. The number of hydrogen-bond donors (Lipinski definition) is 1. The van der Waals surface area contributed by atoms with E-state index in [-0.39, 0.29) is 5.91 Å². The summed E-state index contributed by atoms with van der Waals surface area (Å²) in [5.74, 6) is 0.723. The topological polar surface area (TPSA) is 42.0 Å². The van der Waals surface area contributed by atoms with Crippen molar-refractivity contribution in [2.24, 2.45) is 0 Å². The van der Waals surface area contributed by atoms with E-state index < -0.39 is 0 Å². The molecule has 1 aromatic rings. The summed E-state index contributed by atoms with van der Waals surface area (Å²) in [5.41, 5.74) is 0.976. The van der Waals surface area contributed by atoms with Gasteiger partial charge < -0.3 is 5.32 Å². The molecule has 0 bridgehead atoms. The van der Waals surface area contributed by atoms with Crippen molar-refractivity contribution in [3.63, 3.8) is 0 Å². The second kappa shape index (κ2) is 8.25. The van der Waals surface area contributed by atoms with Crippen molar-refractivity contribution in [1.82, 2.24) is 4.98 Å². The predicted octanol–water partition coefficient (Wildman–Crippen LogP) is 4.45. The van der Waals surface area contributed by atoms with E-state index in [0.29, 0.717) is 12.2 Å². The molecule has 18 heavy (non-hydrogen) atoms. The van der Waals surface area contributed by atoms with Gasteiger partial charge in [-0.05, 0) is 40.9 Å². The molecular weight excluding hydrogens is 292 g/mol. The van der Waals surface area contributed by atoms with Gasteiger partial charge in [-0.15, -0.1) is 0 Å². The molecule has 0 atom stereocenters. The molecule has 3 nitrogen and oxygen atoms in total. The summed E-state index contributed by atoms with van der Waals surface area (Å²) in [5, 5.41) is 2.86. The quantitative estimate of drug-likeness (QED) is 0.756. The molecule has 4 heteroatoms. The minimum atomic E-state index is 0.0596. The highest BCUT2D eigenvalue weighted by Gasteiger charge is 2.06. The molecule has 0 unspecified atom stereocenters. The second-order valence-electron chi connectivity index (χ2n) is 4.53. The van der Waals surface area contributed by atoms with Gasteiger partial charge in [0.1, 0.15) is 5.82 Å². The molecule has 1 rings (SSSR count). The Morgan fingerprint density at radius 2 is 2.06 bits per heavy atom. The lowest BCUT2D eigenvalue weighted by Gasteiger charge is -2.07. The number of anilines is 1. The van der Waals surface area contributed by atoms with Gasteiger partial charge in [0.2, 0.25) is 5.91 Å². The molecule has 0 radical (unpaired) electrons. The molecule has 100 valence electrons. The highest BCUT2D eigenvalue weighted by Crippen LogP contribution is 2.17. The van der Waals surface area contributed by atoms with Gasteiger partial charge in [-0.25, -0.2) is 4.98 Å². The number of amides is 1. The Kier molecular flexibility index (Phi) is 6.94. The van der Waals surface area contributed by atoms with E-state index in [1.807, 2.05) is 13.0 Å². The number of halogens is 1. The zero-order chi connectivity index (χ0) is 13.4. The Hall–Kier alpha value is -0.900. The Bertz CT molecular complexity index is 393. The SMILES string of the molecule is CCCCCCCC(=O)Nc1ncc(Br)cc1C. The van der Waals surface area contributed by atoms with Crippen LogP contribution in [0.25, 0.3) is 0 Å². The molecule has 0 fully saturated rings. The average Bonchev–Trinajstić information content (AvgIpc) is 2.32. The molecule has 0 aliphatic heterocycles. The van der Waals surface area contributed by atoms with Crippen LogP contribution in [0.2, 0.25) is 0 Å². The second-order valence-corrected chi connectivity index (χ2v) is 5.45. The maximum atomic E-state index is 11.7. The summed E-state index contributed by atoms with van der Waals surface area (Å²) in [4.78, 5) is 15.9. The van der Waals surface area contributed by atoms with Crippen LogP contribution in [0.5, 0.6) is 0 Å². The van der Waals surface area contributed by atoms with Gasteiger partial charge in [0.05, 0.1) is 0 Å². The molecule has 0 spiro atoms. The summed E-state index contributed by atoms with van der Waals surface area (Å²) in [6.07, 6.45) is 8.09. The monoisotopic (exact) mass is 312 g/mol. The number of carbonyl (C=O) groups is 1. The lowest BCUT2D eigenvalue weighted by molar-refractivity contribution is -0.116. The van der Waals surface area contributed by atoms with Crippen LogP contribution >= 0.6 is 15.9 Å². The fourth-order valence-corrected chi connectivity index (χ4v) is 2.20. The first-order valence-corrected chi connectivity index (χ1v) is 7.34. The first-order valence-electron chi connectivity index (χ1n) is 6.55. The van der Waals surface area contributed by atoms with E-state index in [0.717, 1.165) is 22.9 Å². The number of unbranched alkanes of at least 4 members (excludes halogenated alkanes) is 4. The van der Waals surface area contributed by atoms with E-state index in [2.05, 4.69) is 33.2 Å². The van der Waals surface area contributed by atoms with Gasteiger partial charge in [-0.1, -0.05) is 32.6 Å². The number of nitrogens with one attached hydrogen (secondary N) is 1. The molecule has 1 N–H and O–H groups in total. The van der Waals surface area contributed by atoms with Crippen LogP contribution in [0.15, 0.2) is 16.7 Å². The summed E-state index contributed by atoms with van der Waals surface area (Å²) in [7, 11) is 0. The molecular formula is C14H21BrN2O. The van der Waals surface area contributed by atoms with Crippen LogP contribution in [0.1, 0.15) is 51.0 Å². The van der Waals surface area contributed by atoms with Crippen molar-refractivity contribution >= 4 is 27.7 Å². The third-order valence-electron chi connectivity index (χ3n) is 2.81. The highest BCUT2D eigenvalue weighted by molar-refractivity contribution is 9.10. The normalized spacial score (nSPS) is 10.4. The third-order valence-corrected chi connectivity index (χ3v) is 3.24. The number of carbonyl (C=O) groups excluding carboxylic acids is 1. The number of aromatic nitrogens is 1. The Morgan fingerprint density at radius 3 is 2.72 bits per heavy atom. The molecule has 1 amide bonds. The highest BCUT2D eigenvalue weighted by atomic mass is 79.9. The van der Waals surface area contributed by atoms with E-state index in [4.69, 9.17) is 0 Å². The van der Waals surface area contributed by atoms with Crippen molar-refractivity contribution in [3.05, 3.63) is 22.3 Å². The summed E-state index contributed by atoms with van der Waals surface area (Å²) < 4.78 is 0.928. The number of pyridine rings is 1. The first-order chi connectivity index (χ1) is 8.63. The Morgan fingerprint density at radius 1 is 1.33 bits per heavy atom. The van der Waals surface area contributed by atoms with E-state index in [9.17, 15) is 4.79 Å². The summed E-state index contributed by atoms with van der Waals surface area (Å²) >= 11 is 3.35. The third kappa shape index (κ3) is 5.63. The maximum absolute atomic E-state index is 11.7.